The lowest BCUT2D eigenvalue weighted by molar-refractivity contribution is 0.188. The van der Waals surface area contributed by atoms with Gasteiger partial charge in [-0.2, -0.15) is 0 Å². The molecule has 0 fully saturated rings. The van der Waals surface area contributed by atoms with Gasteiger partial charge < -0.3 is 5.11 Å². The summed E-state index contributed by atoms with van der Waals surface area (Å²) in [5, 5.41) is 8.60. The van der Waals surface area contributed by atoms with Crippen molar-refractivity contribution < 1.29 is 5.11 Å². The van der Waals surface area contributed by atoms with Crippen molar-refractivity contribution in [2.75, 3.05) is 6.61 Å². The lowest BCUT2D eigenvalue weighted by Crippen LogP contribution is -2.18. The zero-order valence-electron chi connectivity index (χ0n) is 6.94. The molecule has 0 aromatic carbocycles. The topological polar surface area (TPSA) is 20.2 Å². The molecule has 1 nitrogen and oxygen atoms in total. The van der Waals surface area contributed by atoms with Crippen molar-refractivity contribution >= 4 is 0 Å². The van der Waals surface area contributed by atoms with Crippen LogP contribution in [0.1, 0.15) is 34.1 Å². The molecule has 0 aliphatic carbocycles. The molecule has 1 atom stereocenters. The summed E-state index contributed by atoms with van der Waals surface area (Å²) in [5.41, 5.74) is 0.350. The van der Waals surface area contributed by atoms with Crippen LogP contribution in [0.4, 0.5) is 0 Å². The van der Waals surface area contributed by atoms with Gasteiger partial charge in [0.1, 0.15) is 0 Å². The van der Waals surface area contributed by atoms with E-state index < -0.39 is 0 Å². The highest BCUT2D eigenvalue weighted by Crippen LogP contribution is 2.27. The van der Waals surface area contributed by atoms with Gasteiger partial charge in [-0.15, -0.1) is 0 Å². The van der Waals surface area contributed by atoms with Gasteiger partial charge in [0.2, 0.25) is 0 Å². The van der Waals surface area contributed by atoms with Gasteiger partial charge in [-0.05, 0) is 17.8 Å². The van der Waals surface area contributed by atoms with Gasteiger partial charge in [0, 0.05) is 6.61 Å². The van der Waals surface area contributed by atoms with Crippen LogP contribution in [0, 0.1) is 11.3 Å². The van der Waals surface area contributed by atoms with E-state index in [4.69, 9.17) is 5.11 Å². The third-order valence-electron chi connectivity index (χ3n) is 2.04. The van der Waals surface area contributed by atoms with E-state index in [1.54, 1.807) is 0 Å². The maximum Gasteiger partial charge on any atom is 0.0433 e. The van der Waals surface area contributed by atoms with Crippen molar-refractivity contribution in [3.05, 3.63) is 0 Å². The van der Waals surface area contributed by atoms with Gasteiger partial charge >= 0.3 is 0 Å². The Hall–Kier alpha value is -0.0400. The monoisotopic (exact) mass is 130 g/mol. The molecular weight excluding hydrogens is 112 g/mol. The predicted molar refractivity (Wildman–Crippen MR) is 40.3 cm³/mol. The van der Waals surface area contributed by atoms with Crippen LogP contribution in [-0.4, -0.2) is 11.7 Å². The van der Waals surface area contributed by atoms with Gasteiger partial charge in [-0.25, -0.2) is 0 Å². The minimum atomic E-state index is 0.318. The van der Waals surface area contributed by atoms with Gasteiger partial charge in [0.15, 0.2) is 0 Å². The van der Waals surface area contributed by atoms with E-state index in [1.165, 1.54) is 0 Å². The van der Waals surface area contributed by atoms with Crippen LogP contribution in [0.2, 0.25) is 0 Å². The third kappa shape index (κ3) is 3.52. The first-order chi connectivity index (χ1) is 3.98. The summed E-state index contributed by atoms with van der Waals surface area (Å²) in [6, 6.07) is 0. The van der Waals surface area contributed by atoms with Crippen molar-refractivity contribution in [3.8, 4) is 0 Å². The molecule has 0 aromatic rings. The summed E-state index contributed by atoms with van der Waals surface area (Å²) in [5.74, 6) is 0.613. The van der Waals surface area contributed by atoms with E-state index >= 15 is 0 Å². The van der Waals surface area contributed by atoms with E-state index in [0.717, 1.165) is 6.42 Å². The third-order valence-corrected chi connectivity index (χ3v) is 2.04. The summed E-state index contributed by atoms with van der Waals surface area (Å²) < 4.78 is 0. The fourth-order valence-electron chi connectivity index (χ4n) is 0.627. The highest BCUT2D eigenvalue weighted by molar-refractivity contribution is 4.68. The maximum atomic E-state index is 8.60. The molecule has 56 valence electrons. The number of hydrogen-bond donors (Lipinski definition) is 1. The highest BCUT2D eigenvalue weighted by Gasteiger charge is 2.18. The SMILES string of the molecule is C[C@H](CCO)C(C)(C)C. The zero-order valence-corrected chi connectivity index (χ0v) is 6.94. The van der Waals surface area contributed by atoms with Gasteiger partial charge in [0.05, 0.1) is 0 Å². The molecule has 0 aromatic heterocycles. The molecule has 1 heteroatoms. The fourth-order valence-corrected chi connectivity index (χ4v) is 0.627. The van der Waals surface area contributed by atoms with Crippen LogP contribution < -0.4 is 0 Å². The molecule has 1 N–H and O–H groups in total. The van der Waals surface area contributed by atoms with Crippen LogP contribution in [0.25, 0.3) is 0 Å². The number of aliphatic hydroxyl groups is 1. The van der Waals surface area contributed by atoms with E-state index in [-0.39, 0.29) is 0 Å². The van der Waals surface area contributed by atoms with Crippen molar-refractivity contribution in [3.63, 3.8) is 0 Å². The van der Waals surface area contributed by atoms with Gasteiger partial charge in [0.25, 0.3) is 0 Å². The standard InChI is InChI=1S/C8H18O/c1-7(5-6-9)8(2,3)4/h7,9H,5-6H2,1-4H3/t7-/m1/s1. The minimum absolute atomic E-state index is 0.318. The molecule has 0 amide bonds. The predicted octanol–water partition coefficient (Wildman–Crippen LogP) is 2.05. The Labute approximate surface area is 58.1 Å². The number of aliphatic hydroxyl groups excluding tert-OH is 1. The first kappa shape index (κ1) is 8.96. The van der Waals surface area contributed by atoms with Gasteiger partial charge in [-0.1, -0.05) is 27.7 Å². The Balaban J connectivity index is 3.59. The lowest BCUT2D eigenvalue weighted by Gasteiger charge is -2.26. The highest BCUT2D eigenvalue weighted by atomic mass is 16.3. The molecule has 0 saturated heterocycles. The number of rotatable bonds is 2. The Morgan fingerprint density at radius 1 is 1.33 bits per heavy atom. The fraction of sp³-hybridized carbons (Fsp3) is 1.00. The summed E-state index contributed by atoms with van der Waals surface area (Å²) in [6.07, 6.45) is 0.920. The first-order valence-electron chi connectivity index (χ1n) is 3.59. The van der Waals surface area contributed by atoms with Crippen LogP contribution in [0.5, 0.6) is 0 Å². The van der Waals surface area contributed by atoms with Crippen LogP contribution in [-0.2, 0) is 0 Å². The maximum absolute atomic E-state index is 8.60. The van der Waals surface area contributed by atoms with Gasteiger partial charge in [-0.3, -0.25) is 0 Å². The second kappa shape index (κ2) is 3.21. The quantitative estimate of drug-likeness (QED) is 0.606. The molecule has 0 aliphatic rings. The molecule has 0 rings (SSSR count). The van der Waals surface area contributed by atoms with E-state index in [9.17, 15) is 0 Å². The number of hydrogen-bond acceptors (Lipinski definition) is 1. The molecule has 9 heavy (non-hydrogen) atoms. The largest absolute Gasteiger partial charge is 0.396 e. The van der Waals surface area contributed by atoms with Crippen LogP contribution >= 0.6 is 0 Å². The Kier molecular flexibility index (Phi) is 3.20. The summed E-state index contributed by atoms with van der Waals surface area (Å²) >= 11 is 0. The Morgan fingerprint density at radius 2 is 1.78 bits per heavy atom. The summed E-state index contributed by atoms with van der Waals surface area (Å²) in [7, 11) is 0. The van der Waals surface area contributed by atoms with Crippen LogP contribution in [0.3, 0.4) is 0 Å². The Morgan fingerprint density at radius 3 is 1.89 bits per heavy atom. The smallest absolute Gasteiger partial charge is 0.0433 e. The van der Waals surface area contributed by atoms with Crippen molar-refractivity contribution in [1.29, 1.82) is 0 Å². The van der Waals surface area contributed by atoms with E-state index in [2.05, 4.69) is 27.7 Å². The lowest BCUT2D eigenvalue weighted by atomic mass is 9.80. The molecule has 0 bridgehead atoms. The summed E-state index contributed by atoms with van der Waals surface area (Å²) in [6.45, 7) is 9.10. The average Bonchev–Trinajstić information content (AvgIpc) is 1.64. The molecule has 0 aliphatic heterocycles. The second-order valence-corrected chi connectivity index (χ2v) is 3.78. The molecule has 0 unspecified atom stereocenters. The molecule has 0 heterocycles. The molecular formula is C8H18O. The van der Waals surface area contributed by atoms with E-state index in [0.29, 0.717) is 17.9 Å². The normalized spacial score (nSPS) is 15.7. The van der Waals surface area contributed by atoms with Crippen molar-refractivity contribution in [2.45, 2.75) is 34.1 Å². The molecule has 0 saturated carbocycles. The Bertz CT molecular complexity index is 71.1. The second-order valence-electron chi connectivity index (χ2n) is 3.78. The molecule has 0 spiro atoms. The van der Waals surface area contributed by atoms with E-state index in [1.807, 2.05) is 0 Å². The zero-order chi connectivity index (χ0) is 7.49. The van der Waals surface area contributed by atoms with Crippen molar-refractivity contribution in [2.24, 2.45) is 11.3 Å². The summed E-state index contributed by atoms with van der Waals surface area (Å²) in [4.78, 5) is 0. The van der Waals surface area contributed by atoms with Crippen LogP contribution in [0.15, 0.2) is 0 Å². The first-order valence-corrected chi connectivity index (χ1v) is 3.59. The molecule has 0 radical (unpaired) electrons. The van der Waals surface area contributed by atoms with Crippen molar-refractivity contribution in [1.82, 2.24) is 0 Å². The average molecular weight is 130 g/mol. The minimum Gasteiger partial charge on any atom is -0.396 e.